The van der Waals surface area contributed by atoms with Gasteiger partial charge in [0, 0.05) is 25.3 Å². The minimum atomic E-state index is -0.664. The third-order valence-electron chi connectivity index (χ3n) is 5.52. The molecule has 0 heterocycles. The fraction of sp³-hybridized carbons (Fsp3) is 0.286. The molecule has 35 heavy (non-hydrogen) atoms. The van der Waals surface area contributed by atoms with Crippen molar-refractivity contribution in [3.63, 3.8) is 0 Å². The first kappa shape index (κ1) is 26.3. The van der Waals surface area contributed by atoms with Crippen LogP contribution in [0.3, 0.4) is 0 Å². The van der Waals surface area contributed by atoms with E-state index < -0.39 is 6.04 Å². The molecule has 0 radical (unpaired) electrons. The average Bonchev–Trinajstić information content (AvgIpc) is 2.88. The van der Waals surface area contributed by atoms with Crippen molar-refractivity contribution >= 4 is 23.6 Å². The maximum absolute atomic E-state index is 13.5. The Hall–Kier alpha value is -3.32. The molecule has 1 atom stereocenters. The van der Waals surface area contributed by atoms with E-state index in [0.717, 1.165) is 16.7 Å². The van der Waals surface area contributed by atoms with Crippen LogP contribution in [0, 0.1) is 5.82 Å². The van der Waals surface area contributed by atoms with E-state index in [1.165, 1.54) is 23.9 Å². The minimum Gasteiger partial charge on any atom is -0.497 e. The second-order valence-corrected chi connectivity index (χ2v) is 9.08. The number of hydrogen-bond donors (Lipinski definition) is 1. The lowest BCUT2D eigenvalue weighted by atomic mass is 10.0. The maximum Gasteiger partial charge on any atom is 0.243 e. The fourth-order valence-corrected chi connectivity index (χ4v) is 4.60. The molecule has 0 saturated heterocycles. The normalized spacial score (nSPS) is 11.5. The molecule has 0 aliphatic carbocycles. The summed E-state index contributed by atoms with van der Waals surface area (Å²) in [5.74, 6) is 0.863. The van der Waals surface area contributed by atoms with Gasteiger partial charge in [-0.3, -0.25) is 9.59 Å². The van der Waals surface area contributed by atoms with Crippen LogP contribution >= 0.6 is 11.8 Å². The first-order valence-electron chi connectivity index (χ1n) is 11.6. The zero-order valence-corrected chi connectivity index (χ0v) is 20.9. The number of nitrogens with zero attached hydrogens (tertiary/aromatic N) is 1. The van der Waals surface area contributed by atoms with Crippen LogP contribution in [0.2, 0.25) is 0 Å². The Morgan fingerprint density at radius 3 is 2.37 bits per heavy atom. The molecule has 2 amide bonds. The van der Waals surface area contributed by atoms with Crippen LogP contribution in [0.4, 0.5) is 4.39 Å². The van der Waals surface area contributed by atoms with Crippen LogP contribution < -0.4 is 10.1 Å². The highest BCUT2D eigenvalue weighted by Gasteiger charge is 2.30. The van der Waals surface area contributed by atoms with Gasteiger partial charge < -0.3 is 15.0 Å². The summed E-state index contributed by atoms with van der Waals surface area (Å²) in [5.41, 5.74) is 2.79. The number of halogens is 1. The highest BCUT2D eigenvalue weighted by atomic mass is 32.2. The molecular weight excluding hydrogens is 463 g/mol. The van der Waals surface area contributed by atoms with Crippen LogP contribution in [0.5, 0.6) is 5.75 Å². The van der Waals surface area contributed by atoms with Crippen molar-refractivity contribution in [1.29, 1.82) is 0 Å². The molecule has 0 aliphatic rings. The summed E-state index contributed by atoms with van der Waals surface area (Å²) in [6.45, 7) is 2.62. The van der Waals surface area contributed by atoms with Crippen molar-refractivity contribution in [1.82, 2.24) is 10.2 Å². The van der Waals surface area contributed by atoms with Crippen LogP contribution in [0.15, 0.2) is 78.9 Å². The number of rotatable bonds is 12. The number of hydrogen-bond acceptors (Lipinski definition) is 4. The SMILES string of the molecule is CCNC(=O)[C@H](Cc1ccccc1)N(Cc1cccc(OC)c1)C(=O)CSCc1ccc(F)cc1. The van der Waals surface area contributed by atoms with E-state index in [1.54, 1.807) is 24.1 Å². The predicted molar refractivity (Wildman–Crippen MR) is 139 cm³/mol. The Bertz CT molecular complexity index is 1090. The van der Waals surface area contributed by atoms with Gasteiger partial charge in [-0.2, -0.15) is 0 Å². The third kappa shape index (κ3) is 8.14. The van der Waals surface area contributed by atoms with E-state index >= 15 is 0 Å². The van der Waals surface area contributed by atoms with Gasteiger partial charge in [0.2, 0.25) is 11.8 Å². The van der Waals surface area contributed by atoms with Crippen molar-refractivity contribution in [3.8, 4) is 5.75 Å². The molecule has 1 N–H and O–H groups in total. The van der Waals surface area contributed by atoms with Gasteiger partial charge in [-0.05, 0) is 47.9 Å². The van der Waals surface area contributed by atoms with E-state index in [1.807, 2.05) is 61.5 Å². The quantitative estimate of drug-likeness (QED) is 0.391. The summed E-state index contributed by atoms with van der Waals surface area (Å²) >= 11 is 1.45. The van der Waals surface area contributed by atoms with E-state index in [0.29, 0.717) is 24.5 Å². The summed E-state index contributed by atoms with van der Waals surface area (Å²) < 4.78 is 18.5. The van der Waals surface area contributed by atoms with Crippen LogP contribution in [0.1, 0.15) is 23.6 Å². The van der Waals surface area contributed by atoms with Gasteiger partial charge in [0.25, 0.3) is 0 Å². The molecular formula is C28H31FN2O3S. The van der Waals surface area contributed by atoms with E-state index in [-0.39, 0.29) is 29.9 Å². The molecule has 3 rings (SSSR count). The first-order chi connectivity index (χ1) is 17.0. The van der Waals surface area contributed by atoms with Crippen LogP contribution in [-0.4, -0.2) is 42.2 Å². The molecule has 184 valence electrons. The smallest absolute Gasteiger partial charge is 0.243 e. The number of amides is 2. The van der Waals surface area contributed by atoms with Crippen molar-refractivity contribution in [2.24, 2.45) is 0 Å². The number of ether oxygens (including phenoxy) is 1. The van der Waals surface area contributed by atoms with Crippen molar-refractivity contribution in [3.05, 3.63) is 101 Å². The van der Waals surface area contributed by atoms with Crippen LogP contribution in [0.25, 0.3) is 0 Å². The Morgan fingerprint density at radius 1 is 0.971 bits per heavy atom. The summed E-state index contributed by atoms with van der Waals surface area (Å²) in [4.78, 5) is 28.3. The number of likely N-dealkylation sites (N-methyl/N-ethyl adjacent to an activating group) is 1. The molecule has 0 aromatic heterocycles. The number of carbonyl (C=O) groups excluding carboxylic acids is 2. The fourth-order valence-electron chi connectivity index (χ4n) is 3.73. The van der Waals surface area contributed by atoms with Crippen molar-refractivity contribution in [2.75, 3.05) is 19.4 Å². The monoisotopic (exact) mass is 494 g/mol. The zero-order chi connectivity index (χ0) is 25.0. The molecule has 0 fully saturated rings. The van der Waals surface area contributed by atoms with Gasteiger partial charge in [-0.1, -0.05) is 54.6 Å². The second kappa shape index (κ2) is 13.5. The number of nitrogens with one attached hydrogen (secondary N) is 1. The maximum atomic E-state index is 13.5. The molecule has 7 heteroatoms. The van der Waals surface area contributed by atoms with Crippen molar-refractivity contribution < 1.29 is 18.7 Å². The number of benzene rings is 3. The van der Waals surface area contributed by atoms with Gasteiger partial charge >= 0.3 is 0 Å². The first-order valence-corrected chi connectivity index (χ1v) is 12.7. The van der Waals surface area contributed by atoms with Gasteiger partial charge in [-0.25, -0.2) is 4.39 Å². The lowest BCUT2D eigenvalue weighted by Gasteiger charge is -2.31. The summed E-state index contributed by atoms with van der Waals surface area (Å²) in [5, 5.41) is 2.90. The summed E-state index contributed by atoms with van der Waals surface area (Å²) in [6, 6.07) is 22.8. The molecule has 0 saturated carbocycles. The highest BCUT2D eigenvalue weighted by molar-refractivity contribution is 7.99. The lowest BCUT2D eigenvalue weighted by molar-refractivity contribution is -0.139. The van der Waals surface area contributed by atoms with E-state index in [2.05, 4.69) is 5.32 Å². The largest absolute Gasteiger partial charge is 0.497 e. The van der Waals surface area contributed by atoms with E-state index in [9.17, 15) is 14.0 Å². The van der Waals surface area contributed by atoms with Crippen LogP contribution in [-0.2, 0) is 28.3 Å². The van der Waals surface area contributed by atoms with E-state index in [4.69, 9.17) is 4.74 Å². The topological polar surface area (TPSA) is 58.6 Å². The van der Waals surface area contributed by atoms with Crippen molar-refractivity contribution in [2.45, 2.75) is 31.7 Å². The van der Waals surface area contributed by atoms with Gasteiger partial charge in [0.15, 0.2) is 0 Å². The van der Waals surface area contributed by atoms with Gasteiger partial charge in [-0.15, -0.1) is 11.8 Å². The Morgan fingerprint density at radius 2 is 1.69 bits per heavy atom. The Kier molecular flexibility index (Phi) is 10.2. The number of methoxy groups -OCH3 is 1. The standard InChI is InChI=1S/C28H31FN2O3S/c1-3-30-28(33)26(17-21-8-5-4-6-9-21)31(18-23-10-7-11-25(16-23)34-2)27(32)20-35-19-22-12-14-24(29)15-13-22/h4-16,26H,3,17-20H2,1-2H3,(H,30,33)/t26-/m0/s1. The molecule has 3 aromatic carbocycles. The van der Waals surface area contributed by atoms with Gasteiger partial charge in [0.1, 0.15) is 17.6 Å². The second-order valence-electron chi connectivity index (χ2n) is 8.09. The molecule has 0 aliphatic heterocycles. The molecule has 3 aromatic rings. The third-order valence-corrected chi connectivity index (χ3v) is 6.51. The zero-order valence-electron chi connectivity index (χ0n) is 20.1. The molecule has 0 bridgehead atoms. The Labute approximate surface area is 210 Å². The minimum absolute atomic E-state index is 0.132. The highest BCUT2D eigenvalue weighted by Crippen LogP contribution is 2.20. The number of carbonyl (C=O) groups is 2. The number of thioether (sulfide) groups is 1. The molecule has 0 unspecified atom stereocenters. The molecule has 0 spiro atoms. The van der Waals surface area contributed by atoms with Gasteiger partial charge in [0.05, 0.1) is 12.9 Å². The average molecular weight is 495 g/mol. The molecule has 5 nitrogen and oxygen atoms in total. The Balaban J connectivity index is 1.83. The lowest BCUT2D eigenvalue weighted by Crippen LogP contribution is -2.51. The summed E-state index contributed by atoms with van der Waals surface area (Å²) in [6.07, 6.45) is 0.408. The predicted octanol–water partition coefficient (Wildman–Crippen LogP) is 4.84. The summed E-state index contributed by atoms with van der Waals surface area (Å²) in [7, 11) is 1.60.